The molecule has 1 aliphatic heterocycles. The zero-order chi connectivity index (χ0) is 8.10. The summed E-state index contributed by atoms with van der Waals surface area (Å²) >= 11 is 0. The van der Waals surface area contributed by atoms with Crippen LogP contribution in [0, 0.1) is 0 Å². The van der Waals surface area contributed by atoms with E-state index in [-0.39, 0.29) is 0 Å². The topological polar surface area (TPSA) is 36.1 Å². The van der Waals surface area contributed by atoms with Crippen molar-refractivity contribution in [2.45, 2.75) is 0 Å². The third-order valence-corrected chi connectivity index (χ3v) is 1.25. The summed E-state index contributed by atoms with van der Waals surface area (Å²) in [4.78, 5) is 0. The largest absolute Gasteiger partial charge is 0.302 e. The Morgan fingerprint density at radius 3 is 1.73 bits per heavy atom. The van der Waals surface area contributed by atoms with Crippen molar-refractivity contribution >= 4 is 0 Å². The van der Waals surface area contributed by atoms with Gasteiger partial charge in [-0.15, -0.1) is 5.53 Å². The molecule has 0 saturated carbocycles. The van der Waals surface area contributed by atoms with E-state index in [0.717, 1.165) is 11.4 Å². The van der Waals surface area contributed by atoms with E-state index in [1.807, 2.05) is 12.2 Å². The van der Waals surface area contributed by atoms with Crippen LogP contribution < -0.4 is 16.4 Å². The molecule has 11 heavy (non-hydrogen) atoms. The second-order valence-corrected chi connectivity index (χ2v) is 2.01. The Balaban J connectivity index is 2.80. The lowest BCUT2D eigenvalue weighted by molar-refractivity contribution is 0.618. The van der Waals surface area contributed by atoms with Crippen molar-refractivity contribution in [3.63, 3.8) is 0 Å². The fourth-order valence-corrected chi connectivity index (χ4v) is 0.799. The highest BCUT2D eigenvalue weighted by molar-refractivity contribution is 5.34. The van der Waals surface area contributed by atoms with Crippen LogP contribution in [-0.4, -0.2) is 0 Å². The number of rotatable bonds is 2. The summed E-state index contributed by atoms with van der Waals surface area (Å²) in [6.45, 7) is 7.19. The molecule has 0 spiro atoms. The van der Waals surface area contributed by atoms with E-state index in [0.29, 0.717) is 0 Å². The highest BCUT2D eigenvalue weighted by Crippen LogP contribution is 2.05. The molecule has 0 bridgehead atoms. The summed E-state index contributed by atoms with van der Waals surface area (Å²) in [6, 6.07) is 0. The first kappa shape index (κ1) is 7.63. The number of hydrazine groups is 2. The van der Waals surface area contributed by atoms with Crippen LogP contribution in [0.3, 0.4) is 0 Å². The average molecular weight is 149 g/mol. The molecular weight excluding hydrogens is 138 g/mol. The number of nitrogens with one attached hydrogen (secondary N) is 3. The Hall–Kier alpha value is -1.48. The molecule has 0 aromatic heterocycles. The predicted octanol–water partition coefficient (Wildman–Crippen LogP) is 0.739. The molecule has 0 aliphatic carbocycles. The van der Waals surface area contributed by atoms with Gasteiger partial charge in [0.2, 0.25) is 0 Å². The van der Waals surface area contributed by atoms with E-state index in [1.54, 1.807) is 12.2 Å². The number of hydrogen-bond acceptors (Lipinski definition) is 3. The van der Waals surface area contributed by atoms with E-state index >= 15 is 0 Å². The van der Waals surface area contributed by atoms with Crippen LogP contribution in [0.25, 0.3) is 0 Å². The fourth-order valence-electron chi connectivity index (χ4n) is 0.799. The Kier molecular flexibility index (Phi) is 2.52. The molecule has 1 aliphatic rings. The second kappa shape index (κ2) is 3.63. The molecule has 58 valence electrons. The molecule has 0 atom stereocenters. The summed E-state index contributed by atoms with van der Waals surface area (Å²) in [7, 11) is 0. The van der Waals surface area contributed by atoms with Gasteiger partial charge in [0.1, 0.15) is 0 Å². The Morgan fingerprint density at radius 2 is 1.36 bits per heavy atom. The molecule has 0 radical (unpaired) electrons. The molecule has 0 amide bonds. The van der Waals surface area contributed by atoms with Crippen LogP contribution in [-0.2, 0) is 0 Å². The lowest BCUT2D eigenvalue weighted by Gasteiger charge is -1.93. The van der Waals surface area contributed by atoms with Gasteiger partial charge in [-0.2, -0.15) is 0 Å². The van der Waals surface area contributed by atoms with Gasteiger partial charge < -0.3 is 10.9 Å². The summed E-state index contributed by atoms with van der Waals surface area (Å²) in [5.74, 6) is 0. The van der Waals surface area contributed by atoms with E-state index in [2.05, 4.69) is 29.5 Å². The van der Waals surface area contributed by atoms with Crippen molar-refractivity contribution in [3.8, 4) is 0 Å². The van der Waals surface area contributed by atoms with E-state index in [1.165, 1.54) is 0 Å². The SMILES string of the molecule is C=C/C=C1/NNN/C1=C/C=C. The van der Waals surface area contributed by atoms with Crippen molar-refractivity contribution in [3.05, 3.63) is 48.9 Å². The monoisotopic (exact) mass is 149 g/mol. The van der Waals surface area contributed by atoms with Crippen molar-refractivity contribution in [1.29, 1.82) is 0 Å². The Morgan fingerprint density at radius 1 is 0.909 bits per heavy atom. The van der Waals surface area contributed by atoms with Gasteiger partial charge in [-0.05, 0) is 12.2 Å². The Bertz CT molecular complexity index is 201. The molecule has 1 fully saturated rings. The van der Waals surface area contributed by atoms with Crippen LogP contribution >= 0.6 is 0 Å². The molecule has 3 heteroatoms. The second-order valence-electron chi connectivity index (χ2n) is 2.01. The standard InChI is InChI=1S/C8H11N3/c1-3-5-7-8(6-4-2)10-11-9-7/h3-6,9-11H,1-2H2/b7-5+,8-6+. The molecule has 0 unspecified atom stereocenters. The van der Waals surface area contributed by atoms with E-state index < -0.39 is 0 Å². The summed E-state index contributed by atoms with van der Waals surface area (Å²) < 4.78 is 0. The first-order valence-corrected chi connectivity index (χ1v) is 3.31. The smallest absolute Gasteiger partial charge is 0.0750 e. The minimum absolute atomic E-state index is 0.958. The lowest BCUT2D eigenvalue weighted by atomic mass is 10.3. The summed E-state index contributed by atoms with van der Waals surface area (Å²) in [5.41, 5.74) is 10.5. The van der Waals surface area contributed by atoms with Gasteiger partial charge >= 0.3 is 0 Å². The average Bonchev–Trinajstić information content (AvgIpc) is 2.39. The zero-order valence-electron chi connectivity index (χ0n) is 6.22. The van der Waals surface area contributed by atoms with Crippen LogP contribution in [0.2, 0.25) is 0 Å². The fraction of sp³-hybridized carbons (Fsp3) is 0. The van der Waals surface area contributed by atoms with Gasteiger partial charge in [-0.3, -0.25) is 0 Å². The van der Waals surface area contributed by atoms with Gasteiger partial charge in [-0.1, -0.05) is 25.3 Å². The molecule has 3 N–H and O–H groups in total. The van der Waals surface area contributed by atoms with Crippen LogP contribution in [0.4, 0.5) is 0 Å². The minimum atomic E-state index is 0.958. The van der Waals surface area contributed by atoms with Crippen molar-refractivity contribution in [2.75, 3.05) is 0 Å². The van der Waals surface area contributed by atoms with Crippen molar-refractivity contribution in [2.24, 2.45) is 0 Å². The van der Waals surface area contributed by atoms with Crippen molar-refractivity contribution in [1.82, 2.24) is 16.4 Å². The van der Waals surface area contributed by atoms with Gasteiger partial charge in [0.15, 0.2) is 0 Å². The molecule has 0 aromatic rings. The molecular formula is C8H11N3. The van der Waals surface area contributed by atoms with Crippen LogP contribution in [0.1, 0.15) is 0 Å². The Labute approximate surface area is 66.1 Å². The maximum atomic E-state index is 3.59. The zero-order valence-corrected chi connectivity index (χ0v) is 6.22. The molecule has 1 rings (SSSR count). The molecule has 3 nitrogen and oxygen atoms in total. The number of hydrogen-bond donors (Lipinski definition) is 3. The van der Waals surface area contributed by atoms with Crippen molar-refractivity contribution < 1.29 is 0 Å². The first-order valence-electron chi connectivity index (χ1n) is 3.31. The lowest BCUT2D eigenvalue weighted by Crippen LogP contribution is -2.29. The highest BCUT2D eigenvalue weighted by Gasteiger charge is 2.08. The highest BCUT2D eigenvalue weighted by atomic mass is 15.6. The molecule has 0 aromatic carbocycles. The predicted molar refractivity (Wildman–Crippen MR) is 46.0 cm³/mol. The summed E-state index contributed by atoms with van der Waals surface area (Å²) in [6.07, 6.45) is 7.16. The number of allylic oxidation sites excluding steroid dienone is 4. The van der Waals surface area contributed by atoms with E-state index in [4.69, 9.17) is 0 Å². The maximum Gasteiger partial charge on any atom is 0.0750 e. The third-order valence-electron chi connectivity index (χ3n) is 1.25. The van der Waals surface area contributed by atoms with Gasteiger partial charge in [0, 0.05) is 0 Å². The molecule has 1 saturated heterocycles. The van der Waals surface area contributed by atoms with Gasteiger partial charge in [0.25, 0.3) is 0 Å². The van der Waals surface area contributed by atoms with E-state index in [9.17, 15) is 0 Å². The van der Waals surface area contributed by atoms with Crippen LogP contribution in [0.15, 0.2) is 48.9 Å². The maximum absolute atomic E-state index is 3.59. The van der Waals surface area contributed by atoms with Gasteiger partial charge in [-0.25, -0.2) is 0 Å². The van der Waals surface area contributed by atoms with Gasteiger partial charge in [0.05, 0.1) is 11.4 Å². The molecule has 1 heterocycles. The minimum Gasteiger partial charge on any atom is -0.302 e. The first-order chi connectivity index (χ1) is 5.38. The quantitative estimate of drug-likeness (QED) is 0.542. The summed E-state index contributed by atoms with van der Waals surface area (Å²) in [5, 5.41) is 0. The third kappa shape index (κ3) is 1.72. The normalized spacial score (nSPS) is 22.9. The van der Waals surface area contributed by atoms with Crippen LogP contribution in [0.5, 0.6) is 0 Å².